The average Bonchev–Trinajstić information content (AvgIpc) is 3.55. The summed E-state index contributed by atoms with van der Waals surface area (Å²) in [6.45, 7) is 7.86. The highest BCUT2D eigenvalue weighted by molar-refractivity contribution is 8.18. The third-order valence-electron chi connectivity index (χ3n) is 6.24. The Hall–Kier alpha value is -4.24. The zero-order valence-corrected chi connectivity index (χ0v) is 22.2. The summed E-state index contributed by atoms with van der Waals surface area (Å²) < 4.78 is 18.2. The van der Waals surface area contributed by atoms with Gasteiger partial charge >= 0.3 is 5.97 Å². The smallest absolute Gasteiger partial charge is 0.344 e. The van der Waals surface area contributed by atoms with Crippen molar-refractivity contribution in [1.82, 2.24) is 4.57 Å². The van der Waals surface area contributed by atoms with E-state index in [1.807, 2.05) is 57.2 Å². The fourth-order valence-electron chi connectivity index (χ4n) is 4.34. The van der Waals surface area contributed by atoms with Gasteiger partial charge in [-0.15, -0.1) is 0 Å². The molecule has 3 heterocycles. The molecule has 9 heteroatoms. The third kappa shape index (κ3) is 4.72. The minimum absolute atomic E-state index is 0.0994. The van der Waals surface area contributed by atoms with Gasteiger partial charge in [0, 0.05) is 28.7 Å². The Morgan fingerprint density at radius 3 is 2.55 bits per heavy atom. The van der Waals surface area contributed by atoms with Gasteiger partial charge in [-0.2, -0.15) is 0 Å². The maximum absolute atomic E-state index is 12.9. The third-order valence-corrected chi connectivity index (χ3v) is 7.26. The predicted octanol–water partition coefficient (Wildman–Crippen LogP) is 5.83. The van der Waals surface area contributed by atoms with E-state index in [1.54, 1.807) is 25.1 Å². The number of hydrogen-bond acceptors (Lipinski definition) is 7. The average molecular weight is 531 g/mol. The molecule has 38 heavy (non-hydrogen) atoms. The highest BCUT2D eigenvalue weighted by Crippen LogP contribution is 2.40. The van der Waals surface area contributed by atoms with Crippen LogP contribution in [0.5, 0.6) is 11.5 Å². The molecule has 5 rings (SSSR count). The largest absolute Gasteiger partial charge is 0.506 e. The van der Waals surface area contributed by atoms with Crippen LogP contribution >= 0.6 is 11.8 Å². The number of nitrogens with zero attached hydrogens (tertiary/aromatic N) is 2. The van der Waals surface area contributed by atoms with Crippen molar-refractivity contribution in [1.29, 1.82) is 0 Å². The maximum atomic E-state index is 12.9. The second-order valence-corrected chi connectivity index (χ2v) is 9.87. The second-order valence-electron chi connectivity index (χ2n) is 8.84. The Balaban J connectivity index is 1.52. The van der Waals surface area contributed by atoms with Crippen LogP contribution in [0.1, 0.15) is 39.8 Å². The van der Waals surface area contributed by atoms with Gasteiger partial charge < -0.3 is 23.9 Å². The van der Waals surface area contributed by atoms with Crippen molar-refractivity contribution in [2.24, 2.45) is 4.99 Å². The number of carbonyl (C=O) groups is 2. The fraction of sp³-hybridized carbons (Fsp3) is 0.207. The number of carbonyl (C=O) groups excluding carboxylic acids is 2. The molecule has 2 aromatic carbocycles. The van der Waals surface area contributed by atoms with E-state index in [2.05, 4.69) is 9.56 Å². The van der Waals surface area contributed by atoms with E-state index in [-0.39, 0.29) is 29.8 Å². The first kappa shape index (κ1) is 25.4. The lowest BCUT2D eigenvalue weighted by Crippen LogP contribution is -2.14. The molecule has 0 atom stereocenters. The lowest BCUT2D eigenvalue weighted by Gasteiger charge is -2.10. The molecule has 0 bridgehead atoms. The summed E-state index contributed by atoms with van der Waals surface area (Å²) in [6.07, 6.45) is 1.78. The quantitative estimate of drug-likeness (QED) is 0.414. The van der Waals surface area contributed by atoms with E-state index in [9.17, 15) is 14.7 Å². The summed E-state index contributed by atoms with van der Waals surface area (Å²) in [7, 11) is 0. The Labute approximate surface area is 224 Å². The Morgan fingerprint density at radius 1 is 1.08 bits per heavy atom. The number of hydrogen-bond donors (Lipinski definition) is 1. The fourth-order valence-corrected chi connectivity index (χ4v) is 5.34. The predicted molar refractivity (Wildman–Crippen MR) is 146 cm³/mol. The number of thioether (sulfide) groups is 1. The molecule has 194 valence electrons. The molecule has 2 aliphatic rings. The van der Waals surface area contributed by atoms with Gasteiger partial charge in [-0.05, 0) is 69.7 Å². The SMILES string of the molecule is CCOC(=O)C1=C(O)/C(=C/c2cc(C)n(-c3ccc4c(c3)OCO4)c2C)SC1=NC(=O)c1ccc(C)cc1. The topological polar surface area (TPSA) is 99.3 Å². The van der Waals surface area contributed by atoms with Gasteiger partial charge in [0.25, 0.3) is 5.91 Å². The minimum atomic E-state index is -0.734. The Morgan fingerprint density at radius 2 is 1.82 bits per heavy atom. The number of aryl methyl sites for hydroxylation is 2. The van der Waals surface area contributed by atoms with Crippen LogP contribution in [0, 0.1) is 20.8 Å². The van der Waals surface area contributed by atoms with Gasteiger partial charge in [0.05, 0.1) is 11.5 Å². The van der Waals surface area contributed by atoms with Crippen molar-refractivity contribution in [2.75, 3.05) is 13.4 Å². The van der Waals surface area contributed by atoms with Gasteiger partial charge in [0.1, 0.15) is 16.4 Å². The molecule has 0 saturated heterocycles. The van der Waals surface area contributed by atoms with Crippen molar-refractivity contribution in [3.63, 3.8) is 0 Å². The van der Waals surface area contributed by atoms with E-state index in [0.29, 0.717) is 22.0 Å². The molecule has 1 aromatic heterocycles. The number of benzene rings is 2. The molecule has 8 nitrogen and oxygen atoms in total. The standard InChI is InChI=1S/C29H26N2O6S/c1-5-35-29(34)25-26(32)24(38-28(25)30-27(33)19-8-6-16(2)7-9-19)13-20-12-17(3)31(18(20)4)21-10-11-22-23(14-21)37-15-36-22/h6-14,32H,5,15H2,1-4H3/b24-13-,30-28?. The summed E-state index contributed by atoms with van der Waals surface area (Å²) in [5.74, 6) is -0.127. The zero-order chi connectivity index (χ0) is 27.0. The lowest BCUT2D eigenvalue weighted by atomic mass is 10.1. The van der Waals surface area contributed by atoms with Crippen molar-refractivity contribution in [3.05, 3.63) is 92.8 Å². The molecular weight excluding hydrogens is 504 g/mol. The van der Waals surface area contributed by atoms with Crippen LogP contribution in [-0.4, -0.2) is 40.0 Å². The monoisotopic (exact) mass is 530 g/mol. The molecule has 1 N–H and O–H groups in total. The summed E-state index contributed by atoms with van der Waals surface area (Å²) >= 11 is 1.06. The number of rotatable bonds is 5. The number of aromatic nitrogens is 1. The van der Waals surface area contributed by atoms with Gasteiger partial charge in [-0.1, -0.05) is 29.5 Å². The lowest BCUT2D eigenvalue weighted by molar-refractivity contribution is -0.138. The van der Waals surface area contributed by atoms with Crippen molar-refractivity contribution in [2.45, 2.75) is 27.7 Å². The number of fused-ring (bicyclic) bond motifs is 1. The molecule has 0 aliphatic carbocycles. The van der Waals surface area contributed by atoms with Gasteiger partial charge in [0.2, 0.25) is 6.79 Å². The highest BCUT2D eigenvalue weighted by Gasteiger charge is 2.34. The number of aliphatic imine (C=N–C) groups is 1. The van der Waals surface area contributed by atoms with E-state index < -0.39 is 11.9 Å². The maximum Gasteiger partial charge on any atom is 0.344 e. The first-order chi connectivity index (χ1) is 18.3. The molecule has 0 saturated carbocycles. The number of amides is 1. The highest BCUT2D eigenvalue weighted by atomic mass is 32.2. The molecule has 0 unspecified atom stereocenters. The second kappa shape index (κ2) is 10.3. The van der Waals surface area contributed by atoms with Crippen LogP contribution in [-0.2, 0) is 9.53 Å². The van der Waals surface area contributed by atoms with E-state index >= 15 is 0 Å². The molecule has 2 aliphatic heterocycles. The summed E-state index contributed by atoms with van der Waals surface area (Å²) in [5, 5.41) is 11.1. The minimum Gasteiger partial charge on any atom is -0.506 e. The molecule has 0 fully saturated rings. The van der Waals surface area contributed by atoms with Crippen LogP contribution in [0.2, 0.25) is 0 Å². The van der Waals surface area contributed by atoms with Crippen LogP contribution in [0.15, 0.2) is 69.8 Å². The van der Waals surface area contributed by atoms with Crippen LogP contribution in [0.3, 0.4) is 0 Å². The summed E-state index contributed by atoms with van der Waals surface area (Å²) in [6, 6.07) is 14.7. The number of aliphatic hydroxyl groups excluding tert-OH is 1. The molecular formula is C29H26N2O6S. The van der Waals surface area contributed by atoms with Gasteiger partial charge in [-0.3, -0.25) is 4.79 Å². The normalized spacial score (nSPS) is 16.5. The van der Waals surface area contributed by atoms with Crippen molar-refractivity contribution >= 4 is 34.8 Å². The van der Waals surface area contributed by atoms with Crippen LogP contribution in [0.4, 0.5) is 0 Å². The number of ether oxygens (including phenoxy) is 3. The zero-order valence-electron chi connectivity index (χ0n) is 21.4. The Bertz CT molecular complexity index is 1550. The van der Waals surface area contributed by atoms with E-state index in [0.717, 1.165) is 40.0 Å². The first-order valence-corrected chi connectivity index (χ1v) is 12.9. The molecule has 0 spiro atoms. The first-order valence-electron chi connectivity index (χ1n) is 12.1. The molecule has 1 amide bonds. The van der Waals surface area contributed by atoms with E-state index in [4.69, 9.17) is 14.2 Å². The van der Waals surface area contributed by atoms with Crippen LogP contribution in [0.25, 0.3) is 11.8 Å². The summed E-state index contributed by atoms with van der Waals surface area (Å²) in [5.41, 5.74) is 4.91. The molecule has 0 radical (unpaired) electrons. The number of esters is 1. The summed E-state index contributed by atoms with van der Waals surface area (Å²) in [4.78, 5) is 30.2. The van der Waals surface area contributed by atoms with Gasteiger partial charge in [0.15, 0.2) is 11.5 Å². The van der Waals surface area contributed by atoms with E-state index in [1.165, 1.54) is 0 Å². The molecule has 3 aromatic rings. The Kier molecular flexibility index (Phi) is 6.86. The number of aliphatic hydroxyl groups is 1. The van der Waals surface area contributed by atoms with Crippen molar-refractivity contribution < 1.29 is 28.9 Å². The van der Waals surface area contributed by atoms with Crippen molar-refractivity contribution in [3.8, 4) is 17.2 Å². The van der Waals surface area contributed by atoms with Crippen LogP contribution < -0.4 is 9.47 Å². The van der Waals surface area contributed by atoms with Gasteiger partial charge in [-0.25, -0.2) is 9.79 Å².